The third-order valence-electron chi connectivity index (χ3n) is 5.51. The van der Waals surface area contributed by atoms with E-state index in [2.05, 4.69) is 55.7 Å². The number of anilines is 1. The van der Waals surface area contributed by atoms with Gasteiger partial charge in [0.2, 0.25) is 0 Å². The highest BCUT2D eigenvalue weighted by Crippen LogP contribution is 2.35. The first-order chi connectivity index (χ1) is 15.2. The number of aryl methyl sites for hydroxylation is 1. The van der Waals surface area contributed by atoms with Gasteiger partial charge in [-0.2, -0.15) is 0 Å². The van der Waals surface area contributed by atoms with Gasteiger partial charge in [-0.1, -0.05) is 28.1 Å². The van der Waals surface area contributed by atoms with Crippen LogP contribution in [0.4, 0.5) is 10.5 Å². The molecule has 1 aromatic heterocycles. The minimum atomic E-state index is -0.247. The summed E-state index contributed by atoms with van der Waals surface area (Å²) in [6.45, 7) is 4.35. The Hall–Kier alpha value is -2.77. The largest absolute Gasteiger partial charge is 0.378 e. The zero-order valence-electron chi connectivity index (χ0n) is 18.4. The second kappa shape index (κ2) is 9.00. The molecule has 0 spiro atoms. The average molecular weight is 510 g/mol. The quantitative estimate of drug-likeness (QED) is 0.386. The Morgan fingerprint density at radius 2 is 1.66 bits per heavy atom. The smallest absolute Gasteiger partial charge is 0.293 e. The molecule has 7 heteroatoms. The van der Waals surface area contributed by atoms with E-state index >= 15 is 0 Å². The number of benzene rings is 2. The number of carbonyl (C=O) groups excluding carboxylic acids is 2. The van der Waals surface area contributed by atoms with Crippen LogP contribution in [0.2, 0.25) is 0 Å². The van der Waals surface area contributed by atoms with Crippen LogP contribution < -0.4 is 4.90 Å². The summed E-state index contributed by atoms with van der Waals surface area (Å²) in [5, 5.41) is -0.239. The molecule has 32 heavy (non-hydrogen) atoms. The average Bonchev–Trinajstić information content (AvgIpc) is 3.19. The summed E-state index contributed by atoms with van der Waals surface area (Å²) >= 11 is 4.40. The van der Waals surface area contributed by atoms with Crippen molar-refractivity contribution < 1.29 is 9.59 Å². The minimum absolute atomic E-state index is 0.239. The van der Waals surface area contributed by atoms with Crippen molar-refractivity contribution in [1.29, 1.82) is 0 Å². The van der Waals surface area contributed by atoms with Crippen molar-refractivity contribution >= 4 is 50.6 Å². The molecule has 2 aromatic carbocycles. The molecule has 5 nitrogen and oxygen atoms in total. The summed E-state index contributed by atoms with van der Waals surface area (Å²) in [5.74, 6) is -0.247. The fourth-order valence-corrected chi connectivity index (χ4v) is 4.87. The van der Waals surface area contributed by atoms with Crippen LogP contribution in [0.15, 0.2) is 64.0 Å². The van der Waals surface area contributed by atoms with Gasteiger partial charge in [0.05, 0.1) is 11.4 Å². The molecule has 0 atom stereocenters. The zero-order valence-corrected chi connectivity index (χ0v) is 20.8. The van der Waals surface area contributed by atoms with E-state index in [1.807, 2.05) is 58.3 Å². The van der Waals surface area contributed by atoms with Crippen LogP contribution in [0.3, 0.4) is 0 Å². The van der Waals surface area contributed by atoms with Gasteiger partial charge in [0.15, 0.2) is 0 Å². The summed E-state index contributed by atoms with van der Waals surface area (Å²) in [4.78, 5) is 29.3. The summed E-state index contributed by atoms with van der Waals surface area (Å²) in [7, 11) is 4.03. The standard InChI is InChI=1S/C25H24BrN3O2S/c1-16-13-19(17(2)29(16)22-11-9-21(10-12-22)27(3)4)14-23-24(30)28(25(31)32-23)15-18-5-7-20(26)8-6-18/h5-14H,15H2,1-4H3/b23-14-. The van der Waals surface area contributed by atoms with Gasteiger partial charge in [0.25, 0.3) is 11.1 Å². The lowest BCUT2D eigenvalue weighted by Gasteiger charge is -2.15. The van der Waals surface area contributed by atoms with Crippen molar-refractivity contribution in [1.82, 2.24) is 9.47 Å². The normalized spacial score (nSPS) is 15.2. The lowest BCUT2D eigenvalue weighted by atomic mass is 10.2. The van der Waals surface area contributed by atoms with Gasteiger partial charge in [0, 0.05) is 41.3 Å². The number of halogens is 1. The van der Waals surface area contributed by atoms with Gasteiger partial charge in [-0.25, -0.2) is 0 Å². The van der Waals surface area contributed by atoms with Gasteiger partial charge in [-0.15, -0.1) is 0 Å². The van der Waals surface area contributed by atoms with Gasteiger partial charge in [0.1, 0.15) is 0 Å². The lowest BCUT2D eigenvalue weighted by Crippen LogP contribution is -2.27. The molecule has 1 aliphatic rings. The predicted molar refractivity (Wildman–Crippen MR) is 135 cm³/mol. The highest BCUT2D eigenvalue weighted by Gasteiger charge is 2.35. The molecule has 1 aliphatic heterocycles. The number of rotatable bonds is 5. The Kier molecular flexibility index (Phi) is 6.31. The molecule has 0 N–H and O–H groups in total. The number of hydrogen-bond donors (Lipinski definition) is 0. The monoisotopic (exact) mass is 509 g/mol. The fraction of sp³-hybridized carbons (Fsp3) is 0.200. The molecule has 4 rings (SSSR count). The van der Waals surface area contributed by atoms with Crippen LogP contribution in [0.1, 0.15) is 22.5 Å². The highest BCUT2D eigenvalue weighted by atomic mass is 79.9. The Morgan fingerprint density at radius 1 is 1.00 bits per heavy atom. The molecule has 2 amide bonds. The number of aromatic nitrogens is 1. The van der Waals surface area contributed by atoms with E-state index < -0.39 is 0 Å². The van der Waals surface area contributed by atoms with Crippen molar-refractivity contribution in [2.45, 2.75) is 20.4 Å². The van der Waals surface area contributed by atoms with E-state index in [0.29, 0.717) is 4.91 Å². The van der Waals surface area contributed by atoms with Crippen molar-refractivity contribution in [3.8, 4) is 5.69 Å². The number of imide groups is 1. The van der Waals surface area contributed by atoms with Crippen LogP contribution in [-0.2, 0) is 11.3 Å². The lowest BCUT2D eigenvalue weighted by molar-refractivity contribution is -0.123. The van der Waals surface area contributed by atoms with Crippen molar-refractivity contribution in [2.24, 2.45) is 0 Å². The fourth-order valence-electron chi connectivity index (χ4n) is 3.78. The van der Waals surface area contributed by atoms with Crippen molar-refractivity contribution in [3.05, 3.63) is 86.5 Å². The highest BCUT2D eigenvalue weighted by molar-refractivity contribution is 9.10. The van der Waals surface area contributed by atoms with Crippen LogP contribution in [0.5, 0.6) is 0 Å². The van der Waals surface area contributed by atoms with Gasteiger partial charge >= 0.3 is 0 Å². The summed E-state index contributed by atoms with van der Waals surface area (Å²) in [6, 6.07) is 18.0. The first-order valence-electron chi connectivity index (χ1n) is 10.2. The van der Waals surface area contributed by atoms with Crippen LogP contribution in [0, 0.1) is 13.8 Å². The molecular formula is C25H24BrN3O2S. The Bertz CT molecular complexity index is 1210. The molecular weight excluding hydrogens is 486 g/mol. The maximum Gasteiger partial charge on any atom is 0.293 e. The molecule has 2 heterocycles. The second-order valence-corrected chi connectivity index (χ2v) is 9.88. The number of thioether (sulfide) groups is 1. The molecule has 0 radical (unpaired) electrons. The van der Waals surface area contributed by atoms with E-state index in [1.165, 1.54) is 4.90 Å². The van der Waals surface area contributed by atoms with Crippen LogP contribution in [0.25, 0.3) is 11.8 Å². The Morgan fingerprint density at radius 3 is 2.28 bits per heavy atom. The predicted octanol–water partition coefficient (Wildman–Crippen LogP) is 6.16. The molecule has 0 bridgehead atoms. The van der Waals surface area contributed by atoms with E-state index in [-0.39, 0.29) is 17.7 Å². The summed E-state index contributed by atoms with van der Waals surface area (Å²) in [5.41, 5.74) is 6.15. The topological polar surface area (TPSA) is 45.6 Å². The van der Waals surface area contributed by atoms with E-state index in [0.717, 1.165) is 50.1 Å². The molecule has 0 saturated carbocycles. The second-order valence-electron chi connectivity index (χ2n) is 7.97. The third-order valence-corrected chi connectivity index (χ3v) is 6.94. The van der Waals surface area contributed by atoms with Crippen molar-refractivity contribution in [2.75, 3.05) is 19.0 Å². The van der Waals surface area contributed by atoms with Crippen LogP contribution in [-0.4, -0.2) is 34.7 Å². The zero-order chi connectivity index (χ0) is 23.0. The van der Waals surface area contributed by atoms with Gasteiger partial charge < -0.3 is 9.47 Å². The molecule has 3 aromatic rings. The van der Waals surface area contributed by atoms with E-state index in [4.69, 9.17) is 0 Å². The number of hydrogen-bond acceptors (Lipinski definition) is 4. The summed E-state index contributed by atoms with van der Waals surface area (Å²) < 4.78 is 3.12. The maximum absolute atomic E-state index is 13.0. The first kappa shape index (κ1) is 22.4. The number of nitrogens with zero attached hydrogens (tertiary/aromatic N) is 3. The van der Waals surface area contributed by atoms with Crippen LogP contribution >= 0.6 is 27.7 Å². The van der Waals surface area contributed by atoms with Crippen molar-refractivity contribution in [3.63, 3.8) is 0 Å². The molecule has 1 fully saturated rings. The molecule has 0 unspecified atom stereocenters. The van der Waals surface area contributed by atoms with Gasteiger partial charge in [-0.05, 0) is 85.3 Å². The SMILES string of the molecule is Cc1cc(/C=C2\SC(=O)N(Cc3ccc(Br)cc3)C2=O)c(C)n1-c1ccc(N(C)C)cc1. The van der Waals surface area contributed by atoms with E-state index in [1.54, 1.807) is 0 Å². The maximum atomic E-state index is 13.0. The number of carbonyl (C=O) groups is 2. The minimum Gasteiger partial charge on any atom is -0.378 e. The van der Waals surface area contributed by atoms with E-state index in [9.17, 15) is 9.59 Å². The Labute approximate surface area is 200 Å². The first-order valence-corrected chi connectivity index (χ1v) is 11.8. The number of amides is 2. The summed E-state index contributed by atoms with van der Waals surface area (Å²) in [6.07, 6.45) is 1.83. The van der Waals surface area contributed by atoms with Gasteiger partial charge in [-0.3, -0.25) is 14.5 Å². The molecule has 0 aliphatic carbocycles. The third kappa shape index (κ3) is 4.40. The molecule has 164 valence electrons. The molecule has 1 saturated heterocycles. The Balaban J connectivity index is 1.60.